The van der Waals surface area contributed by atoms with Gasteiger partial charge in [0.15, 0.2) is 0 Å². The van der Waals surface area contributed by atoms with Crippen molar-refractivity contribution in [2.45, 2.75) is 38.7 Å². The van der Waals surface area contributed by atoms with E-state index in [4.69, 9.17) is 4.74 Å². The number of cyclic esters (lactones) is 1. The molecule has 0 amide bonds. The Kier molecular flexibility index (Phi) is 3.14. The number of esters is 1. The van der Waals surface area contributed by atoms with Crippen LogP contribution in [-0.2, 0) is 9.53 Å². The molecule has 62 valence electrons. The minimum absolute atomic E-state index is 0.0591. The van der Waals surface area contributed by atoms with Crippen molar-refractivity contribution in [3.8, 4) is 0 Å². The molecule has 1 aliphatic rings. The minimum Gasteiger partial charge on any atom is -0.458 e. The summed E-state index contributed by atoms with van der Waals surface area (Å²) in [6.07, 6.45) is 7.82. The highest BCUT2D eigenvalue weighted by atomic mass is 16.5. The van der Waals surface area contributed by atoms with Crippen molar-refractivity contribution in [1.82, 2.24) is 0 Å². The van der Waals surface area contributed by atoms with Crippen molar-refractivity contribution in [3.63, 3.8) is 0 Å². The standard InChI is InChI=1S/C9H14O2/c1-2-3-4-5-8-6-7-9(10)11-8/h4-5,8H,2-3,6-7H2,1H3/b5-4+/t8-/m1/s1. The van der Waals surface area contributed by atoms with Crippen LogP contribution in [0.4, 0.5) is 0 Å². The number of hydrogen-bond acceptors (Lipinski definition) is 2. The van der Waals surface area contributed by atoms with Gasteiger partial charge in [-0.3, -0.25) is 4.79 Å². The molecule has 1 aliphatic heterocycles. The molecule has 0 aliphatic carbocycles. The Balaban J connectivity index is 2.22. The highest BCUT2D eigenvalue weighted by Crippen LogP contribution is 2.14. The lowest BCUT2D eigenvalue weighted by atomic mass is 10.2. The normalized spacial score (nSPS) is 24.5. The first-order valence-corrected chi connectivity index (χ1v) is 4.19. The fourth-order valence-electron chi connectivity index (χ4n) is 1.10. The van der Waals surface area contributed by atoms with Crippen LogP contribution < -0.4 is 0 Å². The van der Waals surface area contributed by atoms with Crippen molar-refractivity contribution in [2.75, 3.05) is 0 Å². The van der Waals surface area contributed by atoms with E-state index in [0.29, 0.717) is 6.42 Å². The molecule has 0 aromatic rings. The second-order valence-corrected chi connectivity index (χ2v) is 2.78. The predicted octanol–water partition coefficient (Wildman–Crippen LogP) is 2.05. The molecule has 1 heterocycles. The van der Waals surface area contributed by atoms with Crippen LogP contribution >= 0.6 is 0 Å². The van der Waals surface area contributed by atoms with Crippen LogP contribution in [0.5, 0.6) is 0 Å². The summed E-state index contributed by atoms with van der Waals surface area (Å²) in [6.45, 7) is 2.13. The van der Waals surface area contributed by atoms with Gasteiger partial charge in [0.25, 0.3) is 0 Å². The summed E-state index contributed by atoms with van der Waals surface area (Å²) in [5.74, 6) is -0.0591. The van der Waals surface area contributed by atoms with E-state index in [9.17, 15) is 4.79 Å². The highest BCUT2D eigenvalue weighted by molar-refractivity contribution is 5.71. The zero-order valence-corrected chi connectivity index (χ0v) is 6.88. The van der Waals surface area contributed by atoms with Gasteiger partial charge in [-0.05, 0) is 18.9 Å². The van der Waals surface area contributed by atoms with Crippen LogP contribution in [0.25, 0.3) is 0 Å². The van der Waals surface area contributed by atoms with Gasteiger partial charge in [-0.15, -0.1) is 0 Å². The van der Waals surface area contributed by atoms with Gasteiger partial charge in [0.2, 0.25) is 0 Å². The summed E-state index contributed by atoms with van der Waals surface area (Å²) in [5, 5.41) is 0. The van der Waals surface area contributed by atoms with E-state index in [1.54, 1.807) is 0 Å². The molecule has 1 saturated heterocycles. The molecule has 1 atom stereocenters. The van der Waals surface area contributed by atoms with Crippen molar-refractivity contribution in [1.29, 1.82) is 0 Å². The topological polar surface area (TPSA) is 26.3 Å². The molecule has 0 unspecified atom stereocenters. The zero-order valence-electron chi connectivity index (χ0n) is 6.88. The minimum atomic E-state index is -0.0591. The molecule has 0 saturated carbocycles. The molecule has 0 bridgehead atoms. The maximum absolute atomic E-state index is 10.6. The lowest BCUT2D eigenvalue weighted by molar-refractivity contribution is -0.139. The Bertz CT molecular complexity index is 161. The molecular weight excluding hydrogens is 140 g/mol. The fraction of sp³-hybridized carbons (Fsp3) is 0.667. The zero-order chi connectivity index (χ0) is 8.10. The maximum atomic E-state index is 10.6. The number of unbranched alkanes of at least 4 members (excludes halogenated alkanes) is 1. The SMILES string of the molecule is CCC/C=C/[C@@H]1CCC(=O)O1. The number of carbonyl (C=O) groups excluding carboxylic acids is 1. The smallest absolute Gasteiger partial charge is 0.306 e. The lowest BCUT2D eigenvalue weighted by Gasteiger charge is -2.00. The average Bonchev–Trinajstić information content (AvgIpc) is 2.37. The molecule has 0 spiro atoms. The van der Waals surface area contributed by atoms with E-state index >= 15 is 0 Å². The maximum Gasteiger partial charge on any atom is 0.306 e. The van der Waals surface area contributed by atoms with E-state index in [-0.39, 0.29) is 12.1 Å². The van der Waals surface area contributed by atoms with Crippen LogP contribution in [0.1, 0.15) is 32.6 Å². The van der Waals surface area contributed by atoms with Gasteiger partial charge in [-0.1, -0.05) is 19.4 Å². The van der Waals surface area contributed by atoms with E-state index in [2.05, 4.69) is 13.0 Å². The molecular formula is C9H14O2. The van der Waals surface area contributed by atoms with Gasteiger partial charge >= 0.3 is 5.97 Å². The van der Waals surface area contributed by atoms with Crippen molar-refractivity contribution < 1.29 is 9.53 Å². The van der Waals surface area contributed by atoms with E-state index in [1.807, 2.05) is 6.08 Å². The number of ether oxygens (including phenoxy) is 1. The first-order chi connectivity index (χ1) is 5.33. The van der Waals surface area contributed by atoms with E-state index in [1.165, 1.54) is 0 Å². The second kappa shape index (κ2) is 4.16. The van der Waals surface area contributed by atoms with Gasteiger partial charge < -0.3 is 4.74 Å². The van der Waals surface area contributed by atoms with Crippen molar-refractivity contribution in [3.05, 3.63) is 12.2 Å². The number of hydrogen-bond donors (Lipinski definition) is 0. The summed E-state index contributed by atoms with van der Waals surface area (Å²) in [5.41, 5.74) is 0. The van der Waals surface area contributed by atoms with Crippen molar-refractivity contribution >= 4 is 5.97 Å². The Labute approximate surface area is 67.2 Å². The molecule has 0 radical (unpaired) electrons. The van der Waals surface area contributed by atoms with Gasteiger partial charge in [0.1, 0.15) is 6.10 Å². The summed E-state index contributed by atoms with van der Waals surface area (Å²) in [6, 6.07) is 0. The lowest BCUT2D eigenvalue weighted by Crippen LogP contribution is -2.01. The summed E-state index contributed by atoms with van der Waals surface area (Å²) >= 11 is 0. The van der Waals surface area contributed by atoms with Crippen LogP contribution in [0.2, 0.25) is 0 Å². The quantitative estimate of drug-likeness (QED) is 0.459. The number of rotatable bonds is 3. The van der Waals surface area contributed by atoms with Gasteiger partial charge in [-0.25, -0.2) is 0 Å². The van der Waals surface area contributed by atoms with Crippen LogP contribution in [-0.4, -0.2) is 12.1 Å². The Morgan fingerprint density at radius 2 is 2.55 bits per heavy atom. The number of allylic oxidation sites excluding steroid dienone is 1. The van der Waals surface area contributed by atoms with Crippen LogP contribution in [0.15, 0.2) is 12.2 Å². The molecule has 1 fully saturated rings. The summed E-state index contributed by atoms with van der Waals surface area (Å²) in [4.78, 5) is 10.6. The molecule has 0 aromatic carbocycles. The van der Waals surface area contributed by atoms with E-state index < -0.39 is 0 Å². The molecule has 0 aromatic heterocycles. The third kappa shape index (κ3) is 2.74. The van der Waals surface area contributed by atoms with Crippen LogP contribution in [0, 0.1) is 0 Å². The second-order valence-electron chi connectivity index (χ2n) is 2.78. The fourth-order valence-corrected chi connectivity index (χ4v) is 1.10. The number of carbonyl (C=O) groups is 1. The summed E-state index contributed by atoms with van der Waals surface area (Å²) in [7, 11) is 0. The van der Waals surface area contributed by atoms with Crippen LogP contribution in [0.3, 0.4) is 0 Å². The van der Waals surface area contributed by atoms with Gasteiger partial charge in [0.05, 0.1) is 0 Å². The largest absolute Gasteiger partial charge is 0.458 e. The van der Waals surface area contributed by atoms with E-state index in [0.717, 1.165) is 19.3 Å². The molecule has 2 heteroatoms. The third-order valence-electron chi connectivity index (χ3n) is 1.72. The monoisotopic (exact) mass is 154 g/mol. The Hall–Kier alpha value is -0.790. The predicted molar refractivity (Wildman–Crippen MR) is 43.2 cm³/mol. The first-order valence-electron chi connectivity index (χ1n) is 4.19. The Morgan fingerprint density at radius 1 is 1.73 bits per heavy atom. The Morgan fingerprint density at radius 3 is 3.09 bits per heavy atom. The molecule has 0 N–H and O–H groups in total. The van der Waals surface area contributed by atoms with Gasteiger partial charge in [-0.2, -0.15) is 0 Å². The van der Waals surface area contributed by atoms with Crippen molar-refractivity contribution in [2.24, 2.45) is 0 Å². The first kappa shape index (κ1) is 8.31. The third-order valence-corrected chi connectivity index (χ3v) is 1.72. The summed E-state index contributed by atoms with van der Waals surface area (Å²) < 4.78 is 4.98. The van der Waals surface area contributed by atoms with Gasteiger partial charge in [0, 0.05) is 6.42 Å². The molecule has 11 heavy (non-hydrogen) atoms. The molecule has 1 rings (SSSR count). The highest BCUT2D eigenvalue weighted by Gasteiger charge is 2.19. The average molecular weight is 154 g/mol. The molecule has 2 nitrogen and oxygen atoms in total.